The number of hydrogen-bond donors (Lipinski definition) is 0. The van der Waals surface area contributed by atoms with E-state index in [1.54, 1.807) is 7.11 Å². The third-order valence-corrected chi connectivity index (χ3v) is 4.94. The lowest BCUT2D eigenvalue weighted by Crippen LogP contribution is -2.05. The fourth-order valence-corrected chi connectivity index (χ4v) is 3.50. The van der Waals surface area contributed by atoms with Gasteiger partial charge in [-0.05, 0) is 36.2 Å². The quantitative estimate of drug-likeness (QED) is 0.698. The first-order chi connectivity index (χ1) is 10.1. The van der Waals surface area contributed by atoms with Crippen LogP contribution in [0.25, 0.3) is 0 Å². The van der Waals surface area contributed by atoms with E-state index in [-0.39, 0.29) is 10.9 Å². The highest BCUT2D eigenvalue weighted by Gasteiger charge is 2.22. The summed E-state index contributed by atoms with van der Waals surface area (Å²) in [7, 11) is 1.66. The average molecular weight is 368 g/mol. The van der Waals surface area contributed by atoms with Gasteiger partial charge in [0.15, 0.2) is 0 Å². The summed E-state index contributed by atoms with van der Waals surface area (Å²) in [6.07, 6.45) is 1.22. The Morgan fingerprint density at radius 1 is 1.29 bits per heavy atom. The molecular formula is C17H16BrClO2. The maximum Gasteiger partial charge on any atom is 0.125 e. The van der Waals surface area contributed by atoms with Gasteiger partial charge in [0.1, 0.15) is 17.6 Å². The van der Waals surface area contributed by atoms with Gasteiger partial charge in [0.2, 0.25) is 0 Å². The molecule has 21 heavy (non-hydrogen) atoms. The summed E-state index contributed by atoms with van der Waals surface area (Å²) in [6.45, 7) is 2.09. The van der Waals surface area contributed by atoms with Gasteiger partial charge in [0, 0.05) is 17.0 Å². The summed E-state index contributed by atoms with van der Waals surface area (Å²) in [5, 5.41) is 0.673. The van der Waals surface area contributed by atoms with Crippen molar-refractivity contribution in [3.8, 4) is 11.5 Å². The molecule has 0 radical (unpaired) electrons. The van der Waals surface area contributed by atoms with Crippen molar-refractivity contribution < 1.29 is 9.47 Å². The molecule has 0 amide bonds. The molecule has 2 nitrogen and oxygen atoms in total. The molecule has 0 bridgehead atoms. The highest BCUT2D eigenvalue weighted by atomic mass is 79.9. The summed E-state index contributed by atoms with van der Waals surface area (Å²) in [4.78, 5) is 0.0610. The minimum Gasteiger partial charge on any atom is -0.496 e. The molecule has 0 spiro atoms. The van der Waals surface area contributed by atoms with Gasteiger partial charge in [0.05, 0.1) is 11.9 Å². The van der Waals surface area contributed by atoms with E-state index >= 15 is 0 Å². The zero-order valence-electron chi connectivity index (χ0n) is 11.9. The number of halogens is 2. The number of benzene rings is 2. The van der Waals surface area contributed by atoms with Crippen molar-refractivity contribution in [1.82, 2.24) is 0 Å². The van der Waals surface area contributed by atoms with Gasteiger partial charge in [-0.1, -0.05) is 45.7 Å². The molecule has 110 valence electrons. The van der Waals surface area contributed by atoms with Gasteiger partial charge in [0.25, 0.3) is 0 Å². The first-order valence-electron chi connectivity index (χ1n) is 6.85. The van der Waals surface area contributed by atoms with Crippen LogP contribution >= 0.6 is 27.5 Å². The first-order valence-corrected chi connectivity index (χ1v) is 8.15. The van der Waals surface area contributed by atoms with Crippen molar-refractivity contribution in [2.45, 2.75) is 24.3 Å². The van der Waals surface area contributed by atoms with E-state index < -0.39 is 0 Å². The molecule has 1 aliphatic heterocycles. The normalized spacial score (nSPS) is 18.0. The van der Waals surface area contributed by atoms with Crippen molar-refractivity contribution in [3.63, 3.8) is 0 Å². The van der Waals surface area contributed by atoms with Crippen LogP contribution in [0.2, 0.25) is 5.02 Å². The maximum absolute atomic E-state index is 6.03. The molecule has 1 aliphatic rings. The molecule has 4 heteroatoms. The Morgan fingerprint density at radius 3 is 2.86 bits per heavy atom. The van der Waals surface area contributed by atoms with Crippen LogP contribution in [0.1, 0.15) is 28.4 Å². The fraction of sp³-hybridized carbons (Fsp3) is 0.294. The minimum absolute atomic E-state index is 0.0610. The second-order valence-corrected chi connectivity index (χ2v) is 6.60. The number of hydrogen-bond acceptors (Lipinski definition) is 2. The molecule has 0 fully saturated rings. The van der Waals surface area contributed by atoms with Gasteiger partial charge in [-0.25, -0.2) is 0 Å². The summed E-state index contributed by atoms with van der Waals surface area (Å²) < 4.78 is 11.2. The second-order valence-electron chi connectivity index (χ2n) is 5.25. The molecule has 2 unspecified atom stereocenters. The predicted octanol–water partition coefficient (Wildman–Crippen LogP) is 5.16. The van der Waals surface area contributed by atoms with Crippen molar-refractivity contribution in [1.29, 1.82) is 0 Å². The van der Waals surface area contributed by atoms with E-state index in [2.05, 4.69) is 35.0 Å². The van der Waals surface area contributed by atoms with Gasteiger partial charge >= 0.3 is 0 Å². The van der Waals surface area contributed by atoms with Crippen molar-refractivity contribution in [3.05, 3.63) is 58.1 Å². The van der Waals surface area contributed by atoms with E-state index in [0.717, 1.165) is 23.5 Å². The number of methoxy groups -OCH3 is 1. The van der Waals surface area contributed by atoms with Crippen LogP contribution in [0.4, 0.5) is 0 Å². The molecule has 0 N–H and O–H groups in total. The van der Waals surface area contributed by atoms with Crippen LogP contribution in [-0.4, -0.2) is 13.2 Å². The first kappa shape index (κ1) is 14.7. The van der Waals surface area contributed by atoms with E-state index in [9.17, 15) is 0 Å². The Bertz CT molecular complexity index is 672. The molecule has 1 heterocycles. The lowest BCUT2D eigenvalue weighted by molar-refractivity contribution is 0.254. The van der Waals surface area contributed by atoms with Gasteiger partial charge in [-0.2, -0.15) is 0 Å². The number of ether oxygens (including phenoxy) is 2. The van der Waals surface area contributed by atoms with Crippen molar-refractivity contribution in [2.75, 3.05) is 7.11 Å². The smallest absolute Gasteiger partial charge is 0.125 e. The van der Waals surface area contributed by atoms with Crippen LogP contribution in [0.15, 0.2) is 36.4 Å². The van der Waals surface area contributed by atoms with Crippen molar-refractivity contribution >= 4 is 27.5 Å². The highest BCUT2D eigenvalue weighted by molar-refractivity contribution is 9.09. The molecule has 2 atom stereocenters. The molecule has 2 aromatic carbocycles. The van der Waals surface area contributed by atoms with E-state index in [1.165, 1.54) is 11.1 Å². The van der Waals surface area contributed by atoms with Crippen LogP contribution in [0, 0.1) is 0 Å². The summed E-state index contributed by atoms with van der Waals surface area (Å²) in [5.74, 6) is 1.78. The zero-order chi connectivity index (χ0) is 15.0. The Labute approximate surface area is 138 Å². The number of alkyl halides is 1. The Balaban J connectivity index is 1.96. The molecule has 0 saturated heterocycles. The second kappa shape index (κ2) is 5.90. The van der Waals surface area contributed by atoms with Crippen molar-refractivity contribution in [2.24, 2.45) is 0 Å². The Morgan fingerprint density at radius 2 is 2.10 bits per heavy atom. The summed E-state index contributed by atoms with van der Waals surface area (Å²) in [5.41, 5.74) is 3.51. The highest BCUT2D eigenvalue weighted by Crippen LogP contribution is 2.40. The summed E-state index contributed by atoms with van der Waals surface area (Å²) in [6, 6.07) is 12.0. The van der Waals surface area contributed by atoms with Gasteiger partial charge in [-0.3, -0.25) is 0 Å². The van der Waals surface area contributed by atoms with Crippen LogP contribution in [0.5, 0.6) is 11.5 Å². The molecule has 0 aliphatic carbocycles. The van der Waals surface area contributed by atoms with E-state index in [1.807, 2.05) is 24.3 Å². The maximum atomic E-state index is 6.03. The van der Waals surface area contributed by atoms with E-state index in [4.69, 9.17) is 21.1 Å². The van der Waals surface area contributed by atoms with Crippen LogP contribution < -0.4 is 9.47 Å². The SMILES string of the molecule is COc1cc(Cl)ccc1C(Br)c1ccc2c(c1)CC(C)O2. The standard InChI is InChI=1S/C17H16BrClO2/c1-10-7-12-8-11(3-6-15(12)21-10)17(18)14-5-4-13(19)9-16(14)20-2/h3-6,8-10,17H,7H2,1-2H3. The monoisotopic (exact) mass is 366 g/mol. The third-order valence-electron chi connectivity index (χ3n) is 3.68. The Kier molecular flexibility index (Phi) is 4.14. The Hall–Kier alpha value is -1.19. The topological polar surface area (TPSA) is 18.5 Å². The molecule has 3 rings (SSSR count). The largest absolute Gasteiger partial charge is 0.496 e. The minimum atomic E-state index is 0.0610. The lowest BCUT2D eigenvalue weighted by atomic mass is 10.0. The van der Waals surface area contributed by atoms with Crippen LogP contribution in [-0.2, 0) is 6.42 Å². The van der Waals surface area contributed by atoms with E-state index in [0.29, 0.717) is 5.02 Å². The molecule has 0 saturated carbocycles. The zero-order valence-corrected chi connectivity index (χ0v) is 14.2. The average Bonchev–Trinajstić information content (AvgIpc) is 2.85. The molecular weight excluding hydrogens is 352 g/mol. The lowest BCUT2D eigenvalue weighted by Gasteiger charge is -2.15. The third kappa shape index (κ3) is 2.90. The number of fused-ring (bicyclic) bond motifs is 1. The fourth-order valence-electron chi connectivity index (χ4n) is 2.67. The number of rotatable bonds is 3. The van der Waals surface area contributed by atoms with Gasteiger partial charge in [-0.15, -0.1) is 0 Å². The molecule has 2 aromatic rings. The van der Waals surface area contributed by atoms with Crippen LogP contribution in [0.3, 0.4) is 0 Å². The predicted molar refractivity (Wildman–Crippen MR) is 89.0 cm³/mol. The summed E-state index contributed by atoms with van der Waals surface area (Å²) >= 11 is 9.80. The molecule has 0 aromatic heterocycles. The van der Waals surface area contributed by atoms with Gasteiger partial charge < -0.3 is 9.47 Å².